The molecule has 1 heterocycles. The lowest BCUT2D eigenvalue weighted by atomic mass is 9.92. The second-order valence-electron chi connectivity index (χ2n) is 5.71. The molecule has 2 N–H and O–H groups in total. The molecule has 1 aromatic rings. The van der Waals surface area contributed by atoms with Crippen LogP contribution in [0.25, 0.3) is 0 Å². The third kappa shape index (κ3) is 5.59. The van der Waals surface area contributed by atoms with E-state index in [9.17, 15) is 4.79 Å². The fourth-order valence-corrected chi connectivity index (χ4v) is 2.80. The van der Waals surface area contributed by atoms with Gasteiger partial charge in [0.25, 0.3) is 0 Å². The van der Waals surface area contributed by atoms with Crippen LogP contribution in [-0.4, -0.2) is 32.2 Å². The molecule has 6 heteroatoms. The van der Waals surface area contributed by atoms with Gasteiger partial charge in [0.15, 0.2) is 11.5 Å². The van der Waals surface area contributed by atoms with Crippen molar-refractivity contribution in [3.05, 3.63) is 23.8 Å². The van der Waals surface area contributed by atoms with Gasteiger partial charge in [-0.3, -0.25) is 4.79 Å². The summed E-state index contributed by atoms with van der Waals surface area (Å²) in [5.74, 6) is 1.68. The molecule has 1 aliphatic rings. The summed E-state index contributed by atoms with van der Waals surface area (Å²) in [6, 6.07) is 6.16. The summed E-state index contributed by atoms with van der Waals surface area (Å²) >= 11 is 0. The summed E-state index contributed by atoms with van der Waals surface area (Å²) in [7, 11) is 1.62. The lowest BCUT2D eigenvalue weighted by molar-refractivity contribution is -0.126. The Labute approximate surface area is 144 Å². The zero-order valence-electron chi connectivity index (χ0n) is 14.1. The minimum atomic E-state index is 0. The van der Waals surface area contributed by atoms with Gasteiger partial charge in [-0.2, -0.15) is 0 Å². The first-order valence-electron chi connectivity index (χ1n) is 7.94. The van der Waals surface area contributed by atoms with Crippen molar-refractivity contribution in [3.8, 4) is 11.5 Å². The quantitative estimate of drug-likeness (QED) is 0.834. The molecule has 0 bridgehead atoms. The highest BCUT2D eigenvalue weighted by atomic mass is 35.5. The molecule has 23 heavy (non-hydrogen) atoms. The molecule has 1 aromatic carbocycles. The number of rotatable bonds is 6. The van der Waals surface area contributed by atoms with Crippen molar-refractivity contribution in [1.82, 2.24) is 10.6 Å². The molecule has 130 valence electrons. The Morgan fingerprint density at radius 3 is 2.83 bits per heavy atom. The number of hydrogen-bond donors (Lipinski definition) is 2. The zero-order valence-corrected chi connectivity index (χ0v) is 14.9. The van der Waals surface area contributed by atoms with Crippen LogP contribution in [-0.2, 0) is 11.3 Å². The van der Waals surface area contributed by atoms with Crippen LogP contribution < -0.4 is 20.1 Å². The van der Waals surface area contributed by atoms with Gasteiger partial charge in [0.1, 0.15) is 0 Å². The summed E-state index contributed by atoms with van der Waals surface area (Å²) < 4.78 is 10.8. The molecule has 1 amide bonds. The van der Waals surface area contributed by atoms with E-state index in [0.29, 0.717) is 30.7 Å². The highest BCUT2D eigenvalue weighted by Gasteiger charge is 2.24. The van der Waals surface area contributed by atoms with Gasteiger partial charge in [0.2, 0.25) is 5.91 Å². The molecule has 2 atom stereocenters. The first-order valence-corrected chi connectivity index (χ1v) is 7.94. The molecular formula is C17H27ClN2O3. The van der Waals surface area contributed by atoms with Crippen LogP contribution in [0, 0.1) is 5.92 Å². The highest BCUT2D eigenvalue weighted by Crippen LogP contribution is 2.28. The molecule has 1 fully saturated rings. The number of methoxy groups -OCH3 is 1. The zero-order chi connectivity index (χ0) is 15.9. The first-order chi connectivity index (χ1) is 10.6. The van der Waals surface area contributed by atoms with E-state index in [-0.39, 0.29) is 24.2 Å². The van der Waals surface area contributed by atoms with Crippen LogP contribution in [0.5, 0.6) is 11.5 Å². The van der Waals surface area contributed by atoms with E-state index < -0.39 is 0 Å². The van der Waals surface area contributed by atoms with Crippen LogP contribution in [0.2, 0.25) is 0 Å². The maximum absolute atomic E-state index is 12.3. The van der Waals surface area contributed by atoms with E-state index >= 15 is 0 Å². The Morgan fingerprint density at radius 2 is 2.17 bits per heavy atom. The first kappa shape index (κ1) is 19.6. The number of halogens is 1. The SMILES string of the molecule is CCOc1cc(CNC(=O)[C@H]2CCN[C@@H](C)C2)ccc1OC.Cl. The number of benzene rings is 1. The van der Waals surface area contributed by atoms with Crippen molar-refractivity contribution in [3.63, 3.8) is 0 Å². The van der Waals surface area contributed by atoms with Crippen molar-refractivity contribution in [1.29, 1.82) is 0 Å². The van der Waals surface area contributed by atoms with Crippen molar-refractivity contribution in [2.24, 2.45) is 5.92 Å². The topological polar surface area (TPSA) is 59.6 Å². The van der Waals surface area contributed by atoms with Crippen molar-refractivity contribution in [2.75, 3.05) is 20.3 Å². The Hall–Kier alpha value is -1.46. The smallest absolute Gasteiger partial charge is 0.223 e. The summed E-state index contributed by atoms with van der Waals surface area (Å²) in [6.45, 7) is 6.07. The molecule has 0 radical (unpaired) electrons. The number of hydrogen-bond acceptors (Lipinski definition) is 4. The van der Waals surface area contributed by atoms with Gasteiger partial charge in [0, 0.05) is 18.5 Å². The van der Waals surface area contributed by atoms with E-state index in [0.717, 1.165) is 24.9 Å². The third-order valence-corrected chi connectivity index (χ3v) is 3.99. The standard InChI is InChI=1S/C17H26N2O3.ClH/c1-4-22-16-10-13(5-6-15(16)21-3)11-19-17(20)14-7-8-18-12(2)9-14;/h5-6,10,12,14,18H,4,7-9,11H2,1-3H3,(H,19,20);1H/t12-,14-;/m0./s1. The van der Waals surface area contributed by atoms with Crippen molar-refractivity contribution >= 4 is 18.3 Å². The molecule has 1 aliphatic heterocycles. The average Bonchev–Trinajstić information content (AvgIpc) is 2.53. The Bertz CT molecular complexity index is 511. The number of ether oxygens (including phenoxy) is 2. The largest absolute Gasteiger partial charge is 0.493 e. The van der Waals surface area contributed by atoms with Crippen LogP contribution in [0.1, 0.15) is 32.3 Å². The van der Waals surface area contributed by atoms with Crippen molar-refractivity contribution < 1.29 is 14.3 Å². The van der Waals surface area contributed by atoms with Gasteiger partial charge in [-0.25, -0.2) is 0 Å². The number of carbonyl (C=O) groups is 1. The van der Waals surface area contributed by atoms with Crippen LogP contribution in [0.15, 0.2) is 18.2 Å². The van der Waals surface area contributed by atoms with Crippen LogP contribution in [0.3, 0.4) is 0 Å². The minimum absolute atomic E-state index is 0. The second kappa shape index (κ2) is 9.63. The minimum Gasteiger partial charge on any atom is -0.493 e. The molecule has 2 rings (SSSR count). The number of piperidine rings is 1. The summed E-state index contributed by atoms with van der Waals surface area (Å²) in [5, 5.41) is 6.40. The molecule has 0 saturated carbocycles. The summed E-state index contributed by atoms with van der Waals surface area (Å²) in [4.78, 5) is 12.3. The predicted octanol–water partition coefficient (Wildman–Crippen LogP) is 2.52. The van der Waals surface area contributed by atoms with Crippen molar-refractivity contribution in [2.45, 2.75) is 39.3 Å². The lowest BCUT2D eigenvalue weighted by Gasteiger charge is -2.27. The average molecular weight is 343 g/mol. The molecule has 0 spiro atoms. The van der Waals surface area contributed by atoms with Gasteiger partial charge < -0.3 is 20.1 Å². The van der Waals surface area contributed by atoms with E-state index in [2.05, 4.69) is 17.6 Å². The number of carbonyl (C=O) groups excluding carboxylic acids is 1. The monoisotopic (exact) mass is 342 g/mol. The Morgan fingerprint density at radius 1 is 1.39 bits per heavy atom. The van der Waals surface area contributed by atoms with Gasteiger partial charge in [-0.1, -0.05) is 6.07 Å². The Balaban J connectivity index is 0.00000264. The number of amides is 1. The maximum atomic E-state index is 12.3. The molecule has 0 aliphatic carbocycles. The van der Waals surface area contributed by atoms with Crippen LogP contribution in [0.4, 0.5) is 0 Å². The molecule has 5 nitrogen and oxygen atoms in total. The normalized spacial score (nSPS) is 20.3. The second-order valence-corrected chi connectivity index (χ2v) is 5.71. The van der Waals surface area contributed by atoms with Gasteiger partial charge in [-0.05, 0) is 50.9 Å². The predicted molar refractivity (Wildman–Crippen MR) is 93.4 cm³/mol. The third-order valence-electron chi connectivity index (χ3n) is 3.99. The summed E-state index contributed by atoms with van der Waals surface area (Å²) in [5.41, 5.74) is 1.01. The van der Waals surface area contributed by atoms with E-state index in [1.807, 2.05) is 25.1 Å². The molecule has 1 saturated heterocycles. The van der Waals surface area contributed by atoms with Crippen LogP contribution >= 0.6 is 12.4 Å². The maximum Gasteiger partial charge on any atom is 0.223 e. The highest BCUT2D eigenvalue weighted by molar-refractivity contribution is 5.85. The fourth-order valence-electron chi connectivity index (χ4n) is 2.80. The van der Waals surface area contributed by atoms with Gasteiger partial charge in [0.05, 0.1) is 13.7 Å². The van der Waals surface area contributed by atoms with E-state index in [1.165, 1.54) is 0 Å². The van der Waals surface area contributed by atoms with E-state index in [4.69, 9.17) is 9.47 Å². The van der Waals surface area contributed by atoms with E-state index in [1.54, 1.807) is 7.11 Å². The lowest BCUT2D eigenvalue weighted by Crippen LogP contribution is -2.42. The molecular weight excluding hydrogens is 316 g/mol. The Kier molecular flexibility index (Phi) is 8.20. The molecule has 0 aromatic heterocycles. The molecule has 0 unspecified atom stereocenters. The summed E-state index contributed by atoms with van der Waals surface area (Å²) in [6.07, 6.45) is 1.81. The van der Waals surface area contributed by atoms with Gasteiger partial charge >= 0.3 is 0 Å². The number of nitrogens with one attached hydrogen (secondary N) is 2. The fraction of sp³-hybridized carbons (Fsp3) is 0.588. The van der Waals surface area contributed by atoms with Gasteiger partial charge in [-0.15, -0.1) is 12.4 Å².